The van der Waals surface area contributed by atoms with Crippen molar-refractivity contribution in [3.05, 3.63) is 0 Å². The molecule has 7 atom stereocenters. The van der Waals surface area contributed by atoms with Crippen molar-refractivity contribution in [2.45, 2.75) is 116 Å². The van der Waals surface area contributed by atoms with Gasteiger partial charge in [-0.2, -0.15) is 0 Å². The second-order valence-electron chi connectivity index (χ2n) is 10.9. The van der Waals surface area contributed by atoms with Crippen LogP contribution in [0.3, 0.4) is 0 Å². The molecule has 1 saturated heterocycles. The summed E-state index contributed by atoms with van der Waals surface area (Å²) in [6, 6.07) is 0. The van der Waals surface area contributed by atoms with E-state index in [1.165, 1.54) is 51.4 Å². The molecule has 0 spiro atoms. The molecule has 4 heteroatoms. The van der Waals surface area contributed by atoms with Crippen molar-refractivity contribution < 1.29 is 13.9 Å². The summed E-state index contributed by atoms with van der Waals surface area (Å²) in [6.07, 6.45) is 11.6. The molecule has 3 fully saturated rings. The minimum atomic E-state index is -1.76. The first kappa shape index (κ1) is 21.8. The molecule has 4 unspecified atom stereocenters. The Morgan fingerprint density at radius 3 is 2.30 bits per heavy atom. The standard InChI is InChI=1S/C23H44O3Si/c1-8-9-10-11-12-13-14-16-17-15-18-20(19(16)22(24-5)25-18)21(17)26-27(6,7)23(2,3)4/h16-22H,8-15H2,1-7H3/t16-,17?,18?,19?,20?,21-,22+/m0/s1. The summed E-state index contributed by atoms with van der Waals surface area (Å²) >= 11 is 0. The summed E-state index contributed by atoms with van der Waals surface area (Å²) in [5.74, 6) is 2.55. The van der Waals surface area contributed by atoms with Crippen molar-refractivity contribution in [2.75, 3.05) is 7.11 Å². The van der Waals surface area contributed by atoms with Crippen LogP contribution in [0.15, 0.2) is 0 Å². The number of fused-ring (bicyclic) bond motifs is 1. The zero-order valence-electron chi connectivity index (χ0n) is 18.9. The van der Waals surface area contributed by atoms with Crippen molar-refractivity contribution in [3.63, 3.8) is 0 Å². The predicted octanol–water partition coefficient (Wildman–Crippen LogP) is 6.38. The van der Waals surface area contributed by atoms with E-state index in [0.29, 0.717) is 30.0 Å². The topological polar surface area (TPSA) is 27.7 Å². The van der Waals surface area contributed by atoms with Crippen LogP contribution >= 0.6 is 0 Å². The van der Waals surface area contributed by atoms with E-state index >= 15 is 0 Å². The van der Waals surface area contributed by atoms with E-state index in [2.05, 4.69) is 40.8 Å². The Balaban J connectivity index is 1.65. The lowest BCUT2D eigenvalue weighted by molar-refractivity contribution is -0.130. The first-order valence-corrected chi connectivity index (χ1v) is 14.5. The second-order valence-corrected chi connectivity index (χ2v) is 15.7. The highest BCUT2D eigenvalue weighted by atomic mass is 28.4. The van der Waals surface area contributed by atoms with Crippen molar-refractivity contribution in [3.8, 4) is 0 Å². The van der Waals surface area contributed by atoms with E-state index in [1.54, 1.807) is 0 Å². The van der Waals surface area contributed by atoms with Crippen LogP contribution in [0.2, 0.25) is 18.1 Å². The van der Waals surface area contributed by atoms with Gasteiger partial charge in [0.2, 0.25) is 0 Å². The van der Waals surface area contributed by atoms with E-state index in [-0.39, 0.29) is 11.3 Å². The van der Waals surface area contributed by atoms with Gasteiger partial charge in [0.15, 0.2) is 14.6 Å². The monoisotopic (exact) mass is 396 g/mol. The number of rotatable bonds is 10. The van der Waals surface area contributed by atoms with Gasteiger partial charge in [-0.25, -0.2) is 0 Å². The first-order valence-electron chi connectivity index (χ1n) is 11.6. The molecule has 3 nitrogen and oxygen atoms in total. The molecule has 3 rings (SSSR count). The molecular formula is C23H44O3Si. The van der Waals surface area contributed by atoms with Crippen LogP contribution < -0.4 is 0 Å². The summed E-state index contributed by atoms with van der Waals surface area (Å²) < 4.78 is 19.1. The second kappa shape index (κ2) is 8.45. The molecule has 158 valence electrons. The molecule has 0 radical (unpaired) electrons. The molecule has 1 aliphatic heterocycles. The lowest BCUT2D eigenvalue weighted by Crippen LogP contribution is -2.45. The van der Waals surface area contributed by atoms with Crippen LogP contribution in [0.5, 0.6) is 0 Å². The van der Waals surface area contributed by atoms with E-state index in [4.69, 9.17) is 13.9 Å². The molecule has 0 aromatic rings. The van der Waals surface area contributed by atoms with E-state index < -0.39 is 8.32 Å². The number of unbranched alkanes of at least 4 members (excludes halogenated alkanes) is 5. The maximum atomic E-state index is 7.02. The van der Waals surface area contributed by atoms with Crippen molar-refractivity contribution in [2.24, 2.45) is 23.7 Å². The molecule has 0 amide bonds. The minimum Gasteiger partial charge on any atom is -0.413 e. The summed E-state index contributed by atoms with van der Waals surface area (Å²) in [6.45, 7) is 14.2. The van der Waals surface area contributed by atoms with Gasteiger partial charge in [-0.05, 0) is 42.8 Å². The average molecular weight is 397 g/mol. The molecular weight excluding hydrogens is 352 g/mol. The number of methoxy groups -OCH3 is 1. The lowest BCUT2D eigenvalue weighted by atomic mass is 9.77. The molecule has 0 N–H and O–H groups in total. The van der Waals surface area contributed by atoms with Gasteiger partial charge < -0.3 is 13.9 Å². The van der Waals surface area contributed by atoms with Crippen molar-refractivity contribution in [1.29, 1.82) is 0 Å². The van der Waals surface area contributed by atoms with Gasteiger partial charge >= 0.3 is 0 Å². The maximum absolute atomic E-state index is 7.02. The number of hydrogen-bond acceptors (Lipinski definition) is 3. The number of hydrogen-bond donors (Lipinski definition) is 0. The van der Waals surface area contributed by atoms with Gasteiger partial charge in [0.1, 0.15) is 0 Å². The molecule has 1 heterocycles. The highest BCUT2D eigenvalue weighted by molar-refractivity contribution is 6.74. The molecule has 2 aliphatic carbocycles. The molecule has 0 aromatic heterocycles. The van der Waals surface area contributed by atoms with Gasteiger partial charge in [-0.1, -0.05) is 66.2 Å². The molecule has 3 aliphatic rings. The Kier molecular flexibility index (Phi) is 6.82. The molecule has 2 bridgehead atoms. The van der Waals surface area contributed by atoms with Gasteiger partial charge in [0.05, 0.1) is 12.2 Å². The minimum absolute atomic E-state index is 0.00288. The number of ether oxygens (including phenoxy) is 2. The Morgan fingerprint density at radius 2 is 1.67 bits per heavy atom. The molecule has 2 saturated carbocycles. The SMILES string of the molecule is CCCCCCCC[C@@H]1C2C3C(CC1[C@@H]3O[Si](C)(C)C(C)(C)C)O[C@H]2OC. The highest BCUT2D eigenvalue weighted by Crippen LogP contribution is 2.62. The normalized spacial score (nSPS) is 38.1. The van der Waals surface area contributed by atoms with Crippen LogP contribution in [0.1, 0.15) is 79.1 Å². The summed E-state index contributed by atoms with van der Waals surface area (Å²) in [7, 11) is 0.0714. The Morgan fingerprint density at radius 1 is 1.00 bits per heavy atom. The van der Waals surface area contributed by atoms with E-state index in [1.807, 2.05) is 7.11 Å². The zero-order chi connectivity index (χ0) is 19.8. The van der Waals surface area contributed by atoms with Gasteiger partial charge in [0, 0.05) is 18.9 Å². The predicted molar refractivity (Wildman–Crippen MR) is 114 cm³/mol. The Bertz CT molecular complexity index is 487. The van der Waals surface area contributed by atoms with Crippen LogP contribution in [-0.2, 0) is 13.9 Å². The van der Waals surface area contributed by atoms with Crippen LogP contribution in [0.25, 0.3) is 0 Å². The van der Waals surface area contributed by atoms with Crippen LogP contribution in [-0.4, -0.2) is 33.9 Å². The van der Waals surface area contributed by atoms with Gasteiger partial charge in [-0.15, -0.1) is 0 Å². The highest BCUT2D eigenvalue weighted by Gasteiger charge is 2.67. The fraction of sp³-hybridized carbons (Fsp3) is 1.00. The van der Waals surface area contributed by atoms with Crippen LogP contribution in [0.4, 0.5) is 0 Å². The third kappa shape index (κ3) is 4.20. The van der Waals surface area contributed by atoms with Crippen LogP contribution in [0, 0.1) is 23.7 Å². The summed E-state index contributed by atoms with van der Waals surface area (Å²) in [5.41, 5.74) is 0. The van der Waals surface area contributed by atoms with E-state index in [0.717, 1.165) is 5.92 Å². The fourth-order valence-corrected chi connectivity index (χ4v) is 7.13. The summed E-state index contributed by atoms with van der Waals surface area (Å²) in [4.78, 5) is 0. The Hall–Kier alpha value is 0.0969. The lowest BCUT2D eigenvalue weighted by Gasteiger charge is -2.39. The van der Waals surface area contributed by atoms with Crippen molar-refractivity contribution in [1.82, 2.24) is 0 Å². The summed E-state index contributed by atoms with van der Waals surface area (Å²) in [5, 5.41) is 0.268. The maximum Gasteiger partial charge on any atom is 0.192 e. The van der Waals surface area contributed by atoms with E-state index in [9.17, 15) is 0 Å². The zero-order valence-corrected chi connectivity index (χ0v) is 19.9. The largest absolute Gasteiger partial charge is 0.413 e. The molecule has 27 heavy (non-hydrogen) atoms. The van der Waals surface area contributed by atoms with Gasteiger partial charge in [0.25, 0.3) is 0 Å². The van der Waals surface area contributed by atoms with Crippen molar-refractivity contribution >= 4 is 8.32 Å². The Labute approximate surface area is 169 Å². The fourth-order valence-electron chi connectivity index (χ4n) is 5.77. The average Bonchev–Trinajstić information content (AvgIpc) is 3.15. The first-order chi connectivity index (χ1) is 12.7. The van der Waals surface area contributed by atoms with Gasteiger partial charge in [-0.3, -0.25) is 0 Å². The third-order valence-corrected chi connectivity index (χ3v) is 12.7. The third-order valence-electron chi connectivity index (χ3n) is 8.21. The quantitative estimate of drug-likeness (QED) is 0.317. The smallest absolute Gasteiger partial charge is 0.192 e. The molecule has 0 aromatic carbocycles.